The lowest BCUT2D eigenvalue weighted by molar-refractivity contribution is -0.118. The molecular weight excluding hydrogens is 408 g/mol. The number of benzene rings is 2. The molecule has 0 aliphatic heterocycles. The van der Waals surface area contributed by atoms with Crippen molar-refractivity contribution in [3.05, 3.63) is 58.1 Å². The Kier molecular flexibility index (Phi) is 7.42. The molecule has 1 atom stereocenters. The zero-order valence-electron chi connectivity index (χ0n) is 16.0. The molecule has 2 amide bonds. The van der Waals surface area contributed by atoms with Gasteiger partial charge >= 0.3 is 0 Å². The highest BCUT2D eigenvalue weighted by Gasteiger charge is 2.18. The molecule has 2 rings (SSSR count). The van der Waals surface area contributed by atoms with Crippen molar-refractivity contribution in [1.82, 2.24) is 5.32 Å². The Balaban J connectivity index is 2.24. The van der Waals surface area contributed by atoms with Gasteiger partial charge in [-0.25, -0.2) is 0 Å². The van der Waals surface area contributed by atoms with Crippen LogP contribution in [0.15, 0.2) is 46.9 Å². The van der Waals surface area contributed by atoms with Crippen molar-refractivity contribution in [2.24, 2.45) is 5.92 Å². The number of anilines is 1. The van der Waals surface area contributed by atoms with E-state index < -0.39 is 0 Å². The predicted octanol–water partition coefficient (Wildman–Crippen LogP) is 4.93. The van der Waals surface area contributed by atoms with Crippen LogP contribution in [-0.2, 0) is 4.79 Å². The number of hydrogen-bond donors (Lipinski definition) is 2. The maximum atomic E-state index is 12.9. The summed E-state index contributed by atoms with van der Waals surface area (Å²) in [5.74, 6) is -0.0241. The lowest BCUT2D eigenvalue weighted by atomic mass is 10.1. The van der Waals surface area contributed by atoms with E-state index in [1.54, 1.807) is 18.2 Å². The zero-order valence-corrected chi connectivity index (χ0v) is 17.6. The summed E-state index contributed by atoms with van der Waals surface area (Å²) < 4.78 is 6.54. The van der Waals surface area contributed by atoms with Crippen LogP contribution in [0.2, 0.25) is 0 Å². The number of nitrogens with one attached hydrogen (secondary N) is 2. The normalized spacial score (nSPS) is 11.8. The van der Waals surface area contributed by atoms with Crippen molar-refractivity contribution in [2.45, 2.75) is 33.7 Å². The summed E-state index contributed by atoms with van der Waals surface area (Å²) in [7, 11) is 0. The smallest absolute Gasteiger partial charge is 0.255 e. The van der Waals surface area contributed by atoms with Gasteiger partial charge in [-0.1, -0.05) is 41.9 Å². The lowest BCUT2D eigenvalue weighted by Gasteiger charge is -2.17. The Morgan fingerprint density at radius 3 is 2.48 bits per heavy atom. The first-order valence-corrected chi connectivity index (χ1v) is 9.75. The van der Waals surface area contributed by atoms with E-state index in [0.29, 0.717) is 23.6 Å². The molecule has 0 heterocycles. The van der Waals surface area contributed by atoms with Gasteiger partial charge in [0.15, 0.2) is 0 Å². The molecule has 2 aromatic carbocycles. The highest BCUT2D eigenvalue weighted by molar-refractivity contribution is 9.10. The van der Waals surface area contributed by atoms with Gasteiger partial charge in [-0.15, -0.1) is 0 Å². The molecule has 144 valence electrons. The van der Waals surface area contributed by atoms with Crippen molar-refractivity contribution in [2.75, 3.05) is 11.9 Å². The second-order valence-electron chi connectivity index (χ2n) is 6.54. The molecule has 0 aliphatic carbocycles. The minimum absolute atomic E-state index is 0.104. The second kappa shape index (κ2) is 9.55. The minimum atomic E-state index is -0.258. The summed E-state index contributed by atoms with van der Waals surface area (Å²) in [6.45, 7) is 7.86. The van der Waals surface area contributed by atoms with Gasteiger partial charge in [0, 0.05) is 16.1 Å². The molecule has 0 saturated carbocycles. The third-order valence-corrected chi connectivity index (χ3v) is 4.51. The molecule has 0 bridgehead atoms. The fourth-order valence-corrected chi connectivity index (χ4v) is 2.90. The quantitative estimate of drug-likeness (QED) is 0.651. The molecule has 0 spiro atoms. The maximum absolute atomic E-state index is 12.9. The molecule has 27 heavy (non-hydrogen) atoms. The first-order chi connectivity index (χ1) is 12.8. The van der Waals surface area contributed by atoms with Crippen molar-refractivity contribution in [1.29, 1.82) is 0 Å². The lowest BCUT2D eigenvalue weighted by Crippen LogP contribution is -2.27. The summed E-state index contributed by atoms with van der Waals surface area (Å²) in [4.78, 5) is 24.8. The molecule has 0 fully saturated rings. The van der Waals surface area contributed by atoms with Gasteiger partial charge in [0.1, 0.15) is 5.75 Å². The molecule has 5 nitrogen and oxygen atoms in total. The van der Waals surface area contributed by atoms with Crippen LogP contribution < -0.4 is 15.4 Å². The van der Waals surface area contributed by atoms with Gasteiger partial charge in [0.25, 0.3) is 5.91 Å². The number of hydrogen-bond acceptors (Lipinski definition) is 3. The zero-order chi connectivity index (χ0) is 20.0. The Bertz CT molecular complexity index is 821. The maximum Gasteiger partial charge on any atom is 0.255 e. The van der Waals surface area contributed by atoms with E-state index in [0.717, 1.165) is 10.0 Å². The van der Waals surface area contributed by atoms with Crippen molar-refractivity contribution in [3.8, 4) is 5.75 Å². The number of halogens is 1. The molecular formula is C21H25BrN2O3. The molecule has 0 saturated heterocycles. The highest BCUT2D eigenvalue weighted by Crippen LogP contribution is 2.25. The van der Waals surface area contributed by atoms with Crippen LogP contribution in [0.3, 0.4) is 0 Å². The van der Waals surface area contributed by atoms with Crippen molar-refractivity contribution < 1.29 is 14.3 Å². The number of carbonyl (C=O) groups is 2. The fraction of sp³-hybridized carbons (Fsp3) is 0.333. The highest BCUT2D eigenvalue weighted by atomic mass is 79.9. The van der Waals surface area contributed by atoms with E-state index in [9.17, 15) is 9.59 Å². The standard InChI is InChI=1S/C21H25BrN2O3/c1-5-27-19-10-9-17(24-20(25)13(2)3)12-18(19)21(26)23-14(4)15-7-6-8-16(22)11-15/h6-14H,5H2,1-4H3,(H,23,26)(H,24,25). The summed E-state index contributed by atoms with van der Waals surface area (Å²) in [5.41, 5.74) is 1.94. The largest absolute Gasteiger partial charge is 0.493 e. The molecule has 6 heteroatoms. The molecule has 0 radical (unpaired) electrons. The second-order valence-corrected chi connectivity index (χ2v) is 7.45. The van der Waals surface area contributed by atoms with E-state index >= 15 is 0 Å². The van der Waals surface area contributed by atoms with Gasteiger partial charge in [0.2, 0.25) is 5.91 Å². The van der Waals surface area contributed by atoms with Gasteiger partial charge in [0.05, 0.1) is 18.2 Å². The average molecular weight is 433 g/mol. The first kappa shape index (κ1) is 21.0. The SMILES string of the molecule is CCOc1ccc(NC(=O)C(C)C)cc1C(=O)NC(C)c1cccc(Br)c1. The average Bonchev–Trinajstić information content (AvgIpc) is 2.62. The number of amides is 2. The molecule has 2 N–H and O–H groups in total. The number of carbonyl (C=O) groups excluding carboxylic acids is 2. The molecule has 1 unspecified atom stereocenters. The topological polar surface area (TPSA) is 67.4 Å². The summed E-state index contributed by atoms with van der Waals surface area (Å²) in [6, 6.07) is 12.7. The van der Waals surface area contributed by atoms with Crippen molar-refractivity contribution in [3.63, 3.8) is 0 Å². The van der Waals surface area contributed by atoms with Gasteiger partial charge < -0.3 is 15.4 Å². The number of ether oxygens (including phenoxy) is 1. The van der Waals surface area contributed by atoms with Crippen LogP contribution >= 0.6 is 15.9 Å². The van der Waals surface area contributed by atoms with E-state index in [4.69, 9.17) is 4.74 Å². The first-order valence-electron chi connectivity index (χ1n) is 8.95. The Hall–Kier alpha value is -2.34. The summed E-state index contributed by atoms with van der Waals surface area (Å²) in [5, 5.41) is 5.81. The van der Waals surface area contributed by atoms with E-state index in [2.05, 4.69) is 26.6 Å². The summed E-state index contributed by atoms with van der Waals surface area (Å²) in [6.07, 6.45) is 0. The van der Waals surface area contributed by atoms with Gasteiger partial charge in [-0.05, 0) is 49.7 Å². The van der Waals surface area contributed by atoms with E-state index in [1.165, 1.54) is 0 Å². The molecule has 0 aromatic heterocycles. The molecule has 0 aliphatic rings. The Morgan fingerprint density at radius 2 is 1.85 bits per heavy atom. The Morgan fingerprint density at radius 1 is 1.11 bits per heavy atom. The fourth-order valence-electron chi connectivity index (χ4n) is 2.49. The minimum Gasteiger partial charge on any atom is -0.493 e. The van der Waals surface area contributed by atoms with E-state index in [-0.39, 0.29) is 23.8 Å². The van der Waals surface area contributed by atoms with Crippen LogP contribution in [0.4, 0.5) is 5.69 Å². The van der Waals surface area contributed by atoms with Gasteiger partial charge in [-0.2, -0.15) is 0 Å². The molecule has 2 aromatic rings. The monoisotopic (exact) mass is 432 g/mol. The number of rotatable bonds is 7. The van der Waals surface area contributed by atoms with Crippen LogP contribution in [-0.4, -0.2) is 18.4 Å². The van der Waals surface area contributed by atoms with Crippen LogP contribution in [0.5, 0.6) is 5.75 Å². The van der Waals surface area contributed by atoms with Crippen LogP contribution in [0.1, 0.15) is 49.7 Å². The summed E-state index contributed by atoms with van der Waals surface area (Å²) >= 11 is 3.44. The van der Waals surface area contributed by atoms with E-state index in [1.807, 2.05) is 52.0 Å². The van der Waals surface area contributed by atoms with Gasteiger partial charge in [-0.3, -0.25) is 9.59 Å². The van der Waals surface area contributed by atoms with Crippen molar-refractivity contribution >= 4 is 33.4 Å². The van der Waals surface area contributed by atoms with Crippen LogP contribution in [0, 0.1) is 5.92 Å². The Labute approximate surface area is 168 Å². The third kappa shape index (κ3) is 5.82. The predicted molar refractivity (Wildman–Crippen MR) is 111 cm³/mol. The third-order valence-electron chi connectivity index (χ3n) is 4.01. The van der Waals surface area contributed by atoms with Crippen LogP contribution in [0.25, 0.3) is 0 Å².